The Morgan fingerprint density at radius 3 is 2.45 bits per heavy atom. The summed E-state index contributed by atoms with van der Waals surface area (Å²) in [7, 11) is 0. The average Bonchev–Trinajstić information content (AvgIpc) is 2.40. The molecule has 2 bridgehead atoms. The third kappa shape index (κ3) is 1.53. The van der Waals surface area contributed by atoms with Gasteiger partial charge in [0.1, 0.15) is 5.78 Å². The van der Waals surface area contributed by atoms with E-state index in [0.717, 1.165) is 19.3 Å². The molecule has 1 spiro atoms. The molecule has 0 aromatic carbocycles. The predicted octanol–water partition coefficient (Wildman–Crippen LogP) is 4.35. The van der Waals surface area contributed by atoms with Crippen molar-refractivity contribution in [1.82, 2.24) is 0 Å². The molecule has 6 atom stereocenters. The van der Waals surface area contributed by atoms with Crippen LogP contribution in [0.15, 0.2) is 0 Å². The van der Waals surface area contributed by atoms with Gasteiger partial charge >= 0.3 is 0 Å². The lowest BCUT2D eigenvalue weighted by Gasteiger charge is -2.71. The van der Waals surface area contributed by atoms with Gasteiger partial charge in [-0.15, -0.1) is 0 Å². The highest BCUT2D eigenvalue weighted by molar-refractivity contribution is 5.88. The van der Waals surface area contributed by atoms with Gasteiger partial charge in [-0.2, -0.15) is 0 Å². The summed E-state index contributed by atoms with van der Waals surface area (Å²) in [5, 5.41) is 10.8. The van der Waals surface area contributed by atoms with E-state index in [4.69, 9.17) is 0 Å². The number of hydrogen-bond acceptors (Lipinski definition) is 2. The zero-order valence-electron chi connectivity index (χ0n) is 14.7. The molecule has 0 heterocycles. The smallest absolute Gasteiger partial charge is 0.141 e. The maximum absolute atomic E-state index is 12.9. The monoisotopic (exact) mass is 304 g/mol. The number of rotatable bonds is 0. The first-order valence-electron chi connectivity index (χ1n) is 9.37. The van der Waals surface area contributed by atoms with E-state index >= 15 is 0 Å². The number of fused-ring (bicyclic) bond motifs is 3. The molecule has 1 N–H and O–H groups in total. The van der Waals surface area contributed by atoms with Crippen molar-refractivity contribution in [1.29, 1.82) is 0 Å². The molecule has 0 radical (unpaired) electrons. The molecular weight excluding hydrogens is 272 g/mol. The van der Waals surface area contributed by atoms with Crippen molar-refractivity contribution >= 4 is 5.78 Å². The molecule has 2 heteroatoms. The van der Waals surface area contributed by atoms with Crippen LogP contribution in [0.25, 0.3) is 0 Å². The van der Waals surface area contributed by atoms with Gasteiger partial charge in [-0.05, 0) is 66.6 Å². The molecule has 5 fully saturated rings. The van der Waals surface area contributed by atoms with Crippen molar-refractivity contribution in [2.45, 2.75) is 85.2 Å². The number of ketones is 1. The summed E-state index contributed by atoms with van der Waals surface area (Å²) < 4.78 is 0. The molecule has 0 unspecified atom stereocenters. The van der Waals surface area contributed by atoms with Gasteiger partial charge in [0.15, 0.2) is 0 Å². The highest BCUT2D eigenvalue weighted by Crippen LogP contribution is 2.74. The van der Waals surface area contributed by atoms with E-state index in [2.05, 4.69) is 20.8 Å². The first kappa shape index (κ1) is 15.2. The minimum Gasteiger partial charge on any atom is -0.392 e. The summed E-state index contributed by atoms with van der Waals surface area (Å²) in [4.78, 5) is 12.9. The quantitative estimate of drug-likeness (QED) is 0.722. The molecule has 0 aliphatic heterocycles. The van der Waals surface area contributed by atoms with Gasteiger partial charge in [-0.1, -0.05) is 34.1 Å². The number of hydrogen-bond donors (Lipinski definition) is 1. The van der Waals surface area contributed by atoms with Crippen molar-refractivity contribution in [3.8, 4) is 0 Å². The highest BCUT2D eigenvalue weighted by Gasteiger charge is 2.70. The lowest BCUT2D eigenvalue weighted by Crippen LogP contribution is -2.68. The number of aliphatic hydroxyl groups excluding tert-OH is 1. The number of Topliss-reactive ketones (excluding diaryl/α,β-unsaturated/α-hetero) is 1. The van der Waals surface area contributed by atoms with Gasteiger partial charge in [-0.25, -0.2) is 0 Å². The molecule has 22 heavy (non-hydrogen) atoms. The summed E-state index contributed by atoms with van der Waals surface area (Å²) in [5.41, 5.74) is 0.274. The topological polar surface area (TPSA) is 37.3 Å². The Labute approximate surface area is 135 Å². The molecule has 5 aliphatic carbocycles. The van der Waals surface area contributed by atoms with E-state index in [9.17, 15) is 9.90 Å². The zero-order valence-corrected chi connectivity index (χ0v) is 14.7. The van der Waals surface area contributed by atoms with Crippen molar-refractivity contribution in [2.24, 2.45) is 33.5 Å². The van der Waals surface area contributed by atoms with Crippen LogP contribution in [0.2, 0.25) is 0 Å². The van der Waals surface area contributed by atoms with Crippen molar-refractivity contribution in [3.63, 3.8) is 0 Å². The van der Waals surface area contributed by atoms with Crippen LogP contribution in [0.1, 0.15) is 79.1 Å². The van der Waals surface area contributed by atoms with E-state index in [0.29, 0.717) is 23.0 Å². The summed E-state index contributed by atoms with van der Waals surface area (Å²) >= 11 is 0. The Morgan fingerprint density at radius 2 is 1.77 bits per heavy atom. The first-order valence-corrected chi connectivity index (χ1v) is 9.37. The molecule has 0 aromatic rings. The van der Waals surface area contributed by atoms with Crippen LogP contribution in [-0.4, -0.2) is 17.0 Å². The van der Waals surface area contributed by atoms with Crippen molar-refractivity contribution in [2.75, 3.05) is 0 Å². The van der Waals surface area contributed by atoms with Crippen LogP contribution < -0.4 is 0 Å². The van der Waals surface area contributed by atoms with Crippen LogP contribution in [0, 0.1) is 33.5 Å². The molecule has 124 valence electrons. The molecule has 0 aromatic heterocycles. The summed E-state index contributed by atoms with van der Waals surface area (Å²) in [6.45, 7) is 9.40. The minimum atomic E-state index is -0.445. The van der Waals surface area contributed by atoms with Crippen LogP contribution >= 0.6 is 0 Å². The predicted molar refractivity (Wildman–Crippen MR) is 87.4 cm³/mol. The highest BCUT2D eigenvalue weighted by atomic mass is 16.3. The standard InChI is InChI=1S/C20H32O2/c1-17(2)8-5-9-19(4)14(17)7-6-13-10-18(3)15(21)11-20(13,19)12-16(18)22/h13-15,21H,5-12H2,1-4H3/t13-,14-,15-,18-,19-,20-/m0/s1. The van der Waals surface area contributed by atoms with Crippen molar-refractivity contribution < 1.29 is 9.90 Å². The number of carbonyl (C=O) groups excluding carboxylic acids is 1. The average molecular weight is 304 g/mol. The molecule has 0 saturated heterocycles. The first-order chi connectivity index (χ1) is 10.2. The van der Waals surface area contributed by atoms with Crippen LogP contribution in [0.4, 0.5) is 0 Å². The Balaban J connectivity index is 1.83. The van der Waals surface area contributed by atoms with Gasteiger partial charge in [0.25, 0.3) is 0 Å². The fourth-order valence-corrected chi connectivity index (χ4v) is 7.66. The summed E-state index contributed by atoms with van der Waals surface area (Å²) in [6.07, 6.45) is 8.63. The van der Waals surface area contributed by atoms with E-state index in [1.165, 1.54) is 32.1 Å². The van der Waals surface area contributed by atoms with Gasteiger partial charge in [0, 0.05) is 6.42 Å². The van der Waals surface area contributed by atoms with Gasteiger partial charge < -0.3 is 5.11 Å². The van der Waals surface area contributed by atoms with Crippen LogP contribution in [0.5, 0.6) is 0 Å². The van der Waals surface area contributed by atoms with Gasteiger partial charge in [0.2, 0.25) is 0 Å². The minimum absolute atomic E-state index is 0.0852. The number of aliphatic hydroxyl groups is 1. The fourth-order valence-electron chi connectivity index (χ4n) is 7.66. The Hall–Kier alpha value is -0.370. The largest absolute Gasteiger partial charge is 0.392 e. The summed E-state index contributed by atoms with van der Waals surface area (Å²) in [5.74, 6) is 1.73. The fraction of sp³-hybridized carbons (Fsp3) is 0.950. The summed E-state index contributed by atoms with van der Waals surface area (Å²) in [6, 6.07) is 0. The Morgan fingerprint density at radius 1 is 1.05 bits per heavy atom. The molecule has 5 rings (SSSR count). The SMILES string of the molecule is CC1(C)CCC[C@@]2(C)[C@H]1CC[C@H]1C[C@]3(C)C(=O)C[C@@]12C[C@@H]3O. The van der Waals surface area contributed by atoms with Crippen molar-refractivity contribution in [3.05, 3.63) is 0 Å². The molecule has 5 saturated carbocycles. The maximum Gasteiger partial charge on any atom is 0.141 e. The van der Waals surface area contributed by atoms with Crippen LogP contribution in [0.3, 0.4) is 0 Å². The molecular formula is C20H32O2. The lowest BCUT2D eigenvalue weighted by atomic mass is 9.33. The van der Waals surface area contributed by atoms with Gasteiger partial charge in [-0.3, -0.25) is 4.79 Å². The molecule has 2 nitrogen and oxygen atoms in total. The zero-order chi connectivity index (χ0) is 16.0. The second kappa shape index (κ2) is 4.18. The van der Waals surface area contributed by atoms with E-state index in [1.807, 2.05) is 6.92 Å². The third-order valence-electron chi connectivity index (χ3n) is 9.03. The Kier molecular flexibility index (Phi) is 2.88. The van der Waals surface area contributed by atoms with Crippen LogP contribution in [-0.2, 0) is 4.79 Å². The normalized spacial score (nSPS) is 56.4. The van der Waals surface area contributed by atoms with Gasteiger partial charge in [0.05, 0.1) is 11.5 Å². The second-order valence-corrected chi connectivity index (χ2v) is 10.2. The van der Waals surface area contributed by atoms with E-state index < -0.39 is 11.5 Å². The lowest BCUT2D eigenvalue weighted by molar-refractivity contribution is -0.238. The third-order valence-corrected chi connectivity index (χ3v) is 9.03. The second-order valence-electron chi connectivity index (χ2n) is 10.2. The maximum atomic E-state index is 12.9. The molecule has 5 aliphatic rings. The molecule has 0 amide bonds. The van der Waals surface area contributed by atoms with E-state index in [-0.39, 0.29) is 10.8 Å². The number of carbonyl (C=O) groups is 1. The van der Waals surface area contributed by atoms with E-state index in [1.54, 1.807) is 0 Å². The Bertz CT molecular complexity index is 524.